The van der Waals surface area contributed by atoms with Gasteiger partial charge in [0.05, 0.1) is 0 Å². The fourth-order valence-electron chi connectivity index (χ4n) is 7.54. The highest BCUT2D eigenvalue weighted by Gasteiger charge is 2.29. The Morgan fingerprint density at radius 2 is 0.517 bits per heavy atom. The molecule has 1 heterocycles. The van der Waals surface area contributed by atoms with E-state index in [1.807, 2.05) is 0 Å². The zero-order valence-corrected chi connectivity index (χ0v) is 40.4. The standard InChI is InChI=1S/C54H75N3O3/c1-49(2,3)40-28-37(29-41(46(40)58)50(4,5)6)22-19-25-55-34-56(26-20-23-38-30-42(51(7,8)9)47(59)43(31-38)52(10,11)12)36-57(35-55)27-21-24-39-32-44(53(13,14)15)48(60)45(33-39)54(16,17)18/h28-33,58-60H,22-24,34-36H2,1-18H3. The van der Waals surface area contributed by atoms with E-state index in [4.69, 9.17) is 0 Å². The van der Waals surface area contributed by atoms with E-state index >= 15 is 0 Å². The molecule has 3 aromatic rings. The first kappa shape index (κ1) is 47.8. The van der Waals surface area contributed by atoms with Crippen molar-refractivity contribution in [2.24, 2.45) is 0 Å². The molecule has 0 amide bonds. The summed E-state index contributed by atoms with van der Waals surface area (Å²) in [7, 11) is 0. The molecule has 1 saturated heterocycles. The van der Waals surface area contributed by atoms with Crippen LogP contribution in [0, 0.1) is 35.9 Å². The molecule has 6 heteroatoms. The van der Waals surface area contributed by atoms with E-state index in [-0.39, 0.29) is 32.5 Å². The van der Waals surface area contributed by atoms with Crippen LogP contribution in [0.15, 0.2) is 36.4 Å². The van der Waals surface area contributed by atoms with Crippen LogP contribution >= 0.6 is 0 Å². The summed E-state index contributed by atoms with van der Waals surface area (Å²) in [6.45, 7) is 40.0. The van der Waals surface area contributed by atoms with Gasteiger partial charge in [-0.1, -0.05) is 179 Å². The van der Waals surface area contributed by atoms with Crippen molar-refractivity contribution in [3.63, 3.8) is 0 Å². The van der Waals surface area contributed by atoms with E-state index < -0.39 is 0 Å². The van der Waals surface area contributed by atoms with Crippen LogP contribution < -0.4 is 0 Å². The molecule has 0 spiro atoms. The smallest absolute Gasteiger partial charge is 0.123 e. The first-order chi connectivity index (χ1) is 27.3. The molecule has 60 heavy (non-hydrogen) atoms. The highest BCUT2D eigenvalue weighted by atomic mass is 16.3. The van der Waals surface area contributed by atoms with Crippen LogP contribution in [0.5, 0.6) is 17.2 Å². The van der Waals surface area contributed by atoms with Gasteiger partial charge < -0.3 is 15.3 Å². The number of nitrogens with zero attached hydrogens (tertiary/aromatic N) is 3. The second-order valence-corrected chi connectivity index (χ2v) is 23.1. The van der Waals surface area contributed by atoms with Gasteiger partial charge in [0.15, 0.2) is 0 Å². The topological polar surface area (TPSA) is 70.4 Å². The van der Waals surface area contributed by atoms with Gasteiger partial charge in [-0.15, -0.1) is 0 Å². The first-order valence-corrected chi connectivity index (χ1v) is 21.6. The van der Waals surface area contributed by atoms with Crippen LogP contribution in [0.3, 0.4) is 0 Å². The quantitative estimate of drug-likeness (QED) is 0.229. The Bertz CT molecular complexity index is 1870. The number of phenolic OH excluding ortho intramolecular Hbond substituents is 3. The minimum atomic E-state index is -0.218. The van der Waals surface area contributed by atoms with Crippen LogP contribution in [0.2, 0.25) is 0 Å². The predicted octanol–water partition coefficient (Wildman–Crippen LogP) is 11.3. The van der Waals surface area contributed by atoms with E-state index in [0.29, 0.717) is 56.5 Å². The summed E-state index contributed by atoms with van der Waals surface area (Å²) in [5.41, 5.74) is 7.53. The van der Waals surface area contributed by atoms with Crippen molar-refractivity contribution < 1.29 is 15.3 Å². The lowest BCUT2D eigenvalue weighted by atomic mass is 9.78. The van der Waals surface area contributed by atoms with Crippen LogP contribution in [0.4, 0.5) is 0 Å². The molecule has 1 aliphatic heterocycles. The molecular formula is C54H75N3O3. The third-order valence-corrected chi connectivity index (χ3v) is 11.0. The van der Waals surface area contributed by atoms with E-state index in [2.05, 4.69) is 212 Å². The molecule has 0 aliphatic carbocycles. The van der Waals surface area contributed by atoms with Crippen molar-refractivity contribution in [2.75, 3.05) is 20.0 Å². The molecule has 0 saturated carbocycles. The summed E-state index contributed by atoms with van der Waals surface area (Å²) in [4.78, 5) is 6.19. The third-order valence-electron chi connectivity index (χ3n) is 11.0. The fraction of sp³-hybridized carbons (Fsp3) is 0.556. The van der Waals surface area contributed by atoms with E-state index in [1.54, 1.807) is 0 Å². The number of benzene rings is 3. The second-order valence-electron chi connectivity index (χ2n) is 23.1. The summed E-state index contributed by atoms with van der Waals surface area (Å²) >= 11 is 0. The monoisotopic (exact) mass is 814 g/mol. The zero-order valence-electron chi connectivity index (χ0n) is 40.4. The molecule has 0 aromatic heterocycles. The van der Waals surface area contributed by atoms with Gasteiger partial charge in [0, 0.05) is 37.4 Å². The average molecular weight is 814 g/mol. The van der Waals surface area contributed by atoms with Gasteiger partial charge in [0.1, 0.15) is 37.3 Å². The first-order valence-electron chi connectivity index (χ1n) is 21.6. The lowest BCUT2D eigenvalue weighted by molar-refractivity contribution is 0.0768. The number of rotatable bonds is 3. The zero-order chi connectivity index (χ0) is 45.4. The molecule has 324 valence electrons. The largest absolute Gasteiger partial charge is 0.507 e. The van der Waals surface area contributed by atoms with Crippen molar-refractivity contribution in [3.8, 4) is 53.1 Å². The number of hydrogen-bond donors (Lipinski definition) is 3. The van der Waals surface area contributed by atoms with Crippen molar-refractivity contribution >= 4 is 0 Å². The molecule has 0 radical (unpaired) electrons. The molecule has 0 unspecified atom stereocenters. The minimum Gasteiger partial charge on any atom is -0.507 e. The summed E-state index contributed by atoms with van der Waals surface area (Å²) in [6.07, 6.45) is 1.63. The maximum Gasteiger partial charge on any atom is 0.123 e. The average Bonchev–Trinajstić information content (AvgIpc) is 3.07. The number of hydrogen-bond acceptors (Lipinski definition) is 6. The van der Waals surface area contributed by atoms with Crippen molar-refractivity contribution in [2.45, 2.75) is 176 Å². The highest BCUT2D eigenvalue weighted by Crippen LogP contribution is 2.42. The Morgan fingerprint density at radius 1 is 0.350 bits per heavy atom. The Hall–Kier alpha value is -4.86. The van der Waals surface area contributed by atoms with Crippen LogP contribution in [0.25, 0.3) is 0 Å². The predicted molar refractivity (Wildman–Crippen MR) is 251 cm³/mol. The van der Waals surface area contributed by atoms with Gasteiger partial charge in [-0.3, -0.25) is 14.7 Å². The van der Waals surface area contributed by atoms with E-state index in [1.165, 1.54) is 0 Å². The summed E-state index contributed by atoms with van der Waals surface area (Å²) < 4.78 is 0. The molecule has 0 atom stereocenters. The van der Waals surface area contributed by atoms with Crippen LogP contribution in [-0.4, -0.2) is 50.0 Å². The second kappa shape index (κ2) is 17.3. The van der Waals surface area contributed by atoms with Crippen LogP contribution in [-0.2, 0) is 51.8 Å². The maximum absolute atomic E-state index is 11.3. The fourth-order valence-corrected chi connectivity index (χ4v) is 7.54. The molecule has 0 bridgehead atoms. The van der Waals surface area contributed by atoms with Gasteiger partial charge in [-0.2, -0.15) is 0 Å². The molecule has 1 aliphatic rings. The minimum absolute atomic E-state index is 0.218. The van der Waals surface area contributed by atoms with Crippen molar-refractivity contribution in [1.29, 1.82) is 0 Å². The summed E-state index contributed by atoms with van der Waals surface area (Å²) in [6, 6.07) is 22.9. The molecule has 1 fully saturated rings. The van der Waals surface area contributed by atoms with E-state index in [0.717, 1.165) is 50.1 Å². The third kappa shape index (κ3) is 12.1. The molecular weight excluding hydrogens is 739 g/mol. The number of phenols is 3. The SMILES string of the molecule is CC(C)(C)c1cc(CC#CN2CN(C#CCc3cc(C(C)(C)C)c(O)c(C(C)(C)C)c3)CN(C#CCc3cc(C(C)(C)C)c(O)c(C(C)(C)C)c3)C2)cc(C(C)(C)C)c1O. The number of aromatic hydroxyl groups is 3. The van der Waals surface area contributed by atoms with Gasteiger partial charge in [0.25, 0.3) is 0 Å². The Labute approximate surface area is 364 Å². The summed E-state index contributed by atoms with van der Waals surface area (Å²) in [5, 5.41) is 33.8. The lowest BCUT2D eigenvalue weighted by Crippen LogP contribution is -2.49. The van der Waals surface area contributed by atoms with Gasteiger partial charge >= 0.3 is 0 Å². The Morgan fingerprint density at radius 3 is 0.667 bits per heavy atom. The van der Waals surface area contributed by atoms with Crippen LogP contribution in [0.1, 0.15) is 175 Å². The Kier molecular flexibility index (Phi) is 13.7. The molecule has 4 rings (SSSR count). The Balaban J connectivity index is 1.69. The lowest BCUT2D eigenvalue weighted by Gasteiger charge is -2.37. The molecule has 3 N–H and O–H groups in total. The van der Waals surface area contributed by atoms with Gasteiger partial charge in [-0.05, 0) is 82.6 Å². The van der Waals surface area contributed by atoms with E-state index in [9.17, 15) is 15.3 Å². The van der Waals surface area contributed by atoms with Crippen molar-refractivity contribution in [1.82, 2.24) is 14.7 Å². The van der Waals surface area contributed by atoms with Crippen molar-refractivity contribution in [3.05, 3.63) is 86.5 Å². The van der Waals surface area contributed by atoms with Gasteiger partial charge in [0.2, 0.25) is 0 Å². The van der Waals surface area contributed by atoms with Gasteiger partial charge in [-0.25, -0.2) is 0 Å². The highest BCUT2D eigenvalue weighted by molar-refractivity contribution is 5.53. The molecule has 3 aromatic carbocycles. The normalized spacial score (nSPS) is 14.2. The summed E-state index contributed by atoms with van der Waals surface area (Å²) in [5.74, 6) is 11.4. The molecule has 6 nitrogen and oxygen atoms in total. The maximum atomic E-state index is 11.3.